The third kappa shape index (κ3) is 6.83. The number of halogens is 4. The number of carbonyl (C=O) groups excluding carboxylic acids is 1. The van der Waals surface area contributed by atoms with Crippen molar-refractivity contribution in [2.75, 3.05) is 44.2 Å². The fourth-order valence-electron chi connectivity index (χ4n) is 6.55. The van der Waals surface area contributed by atoms with Gasteiger partial charge in [-0.25, -0.2) is 9.18 Å². The van der Waals surface area contributed by atoms with Crippen molar-refractivity contribution in [3.05, 3.63) is 114 Å². The SMILES string of the molecule is O=C(NCC(F)(F)F)OC1(CCCCN2CCN(c3cccc(-c4ccccc4)c3)CC2)c2ccccc2-c2ccc(F)cc21. The zero-order valence-corrected chi connectivity index (χ0v) is 24.8. The Kier molecular flexibility index (Phi) is 8.81. The molecule has 0 radical (unpaired) electrons. The molecule has 1 N–H and O–H groups in total. The molecular formula is C36H35F4N3O2. The number of alkyl carbamates (subject to hydrolysis) is 1. The molecule has 0 aromatic heterocycles. The Morgan fingerprint density at radius 1 is 0.778 bits per heavy atom. The van der Waals surface area contributed by atoms with Crippen LogP contribution in [0.1, 0.15) is 30.4 Å². The molecule has 1 saturated heterocycles. The van der Waals surface area contributed by atoms with E-state index in [1.807, 2.05) is 35.6 Å². The lowest BCUT2D eigenvalue weighted by atomic mass is 9.86. The third-order valence-electron chi connectivity index (χ3n) is 8.71. The van der Waals surface area contributed by atoms with E-state index < -0.39 is 30.2 Å². The van der Waals surface area contributed by atoms with Gasteiger partial charge in [0.2, 0.25) is 0 Å². The summed E-state index contributed by atoms with van der Waals surface area (Å²) < 4.78 is 59.0. The third-order valence-corrected chi connectivity index (χ3v) is 8.71. The minimum absolute atomic E-state index is 0.312. The second-order valence-corrected chi connectivity index (χ2v) is 11.6. The summed E-state index contributed by atoms with van der Waals surface area (Å²) in [7, 11) is 0. The molecule has 0 saturated carbocycles. The van der Waals surface area contributed by atoms with Crippen LogP contribution < -0.4 is 10.2 Å². The summed E-state index contributed by atoms with van der Waals surface area (Å²) in [4.78, 5) is 17.5. The van der Waals surface area contributed by atoms with Gasteiger partial charge in [-0.05, 0) is 72.3 Å². The molecule has 0 spiro atoms. The van der Waals surface area contributed by atoms with Crippen LogP contribution in [0.5, 0.6) is 0 Å². The lowest BCUT2D eigenvalue weighted by molar-refractivity contribution is -0.124. The molecule has 1 aliphatic heterocycles. The smallest absolute Gasteiger partial charge is 0.408 e. The topological polar surface area (TPSA) is 44.8 Å². The average Bonchev–Trinajstić information content (AvgIpc) is 3.31. The maximum atomic E-state index is 14.5. The number of benzene rings is 4. The zero-order valence-electron chi connectivity index (χ0n) is 24.8. The van der Waals surface area contributed by atoms with Crippen LogP contribution >= 0.6 is 0 Å². The molecule has 1 atom stereocenters. The predicted molar refractivity (Wildman–Crippen MR) is 168 cm³/mol. The van der Waals surface area contributed by atoms with Crippen LogP contribution in [-0.4, -0.2) is 56.4 Å². The Balaban J connectivity index is 1.11. The molecule has 0 bridgehead atoms. The summed E-state index contributed by atoms with van der Waals surface area (Å²) in [6, 6.07) is 30.5. The number of anilines is 1. The van der Waals surface area contributed by atoms with E-state index in [1.54, 1.807) is 18.2 Å². The number of hydrogen-bond donors (Lipinski definition) is 1. The lowest BCUT2D eigenvalue weighted by Gasteiger charge is -2.36. The standard InChI is InChI=1S/C36H35F4N3O2/c37-28-15-16-31-30-13-4-5-14-32(30)35(33(31)24-28,45-34(44)41-25-36(38,39)40)17-6-7-18-42-19-21-43(22-20-42)29-12-8-11-27(23-29)26-9-2-1-3-10-26/h1-5,8-16,23-24H,6-7,17-22,25H2,(H,41,44). The van der Waals surface area contributed by atoms with E-state index in [0.29, 0.717) is 29.5 Å². The van der Waals surface area contributed by atoms with Crippen molar-refractivity contribution in [2.45, 2.75) is 31.0 Å². The number of carbonyl (C=O) groups is 1. The number of fused-ring (bicyclic) bond motifs is 3. The Bertz CT molecular complexity index is 1640. The van der Waals surface area contributed by atoms with Crippen LogP contribution in [0.3, 0.4) is 0 Å². The van der Waals surface area contributed by atoms with Crippen LogP contribution in [0.2, 0.25) is 0 Å². The van der Waals surface area contributed by atoms with Gasteiger partial charge in [0.25, 0.3) is 0 Å². The second kappa shape index (κ2) is 12.9. The summed E-state index contributed by atoms with van der Waals surface area (Å²) in [5, 5.41) is 1.83. The van der Waals surface area contributed by atoms with E-state index in [4.69, 9.17) is 4.74 Å². The summed E-state index contributed by atoms with van der Waals surface area (Å²) >= 11 is 0. The molecule has 2 aliphatic rings. The molecule has 234 valence electrons. The molecule has 1 heterocycles. The largest absolute Gasteiger partial charge is 0.433 e. The van der Waals surface area contributed by atoms with Crippen LogP contribution in [0.15, 0.2) is 97.1 Å². The molecule has 9 heteroatoms. The summed E-state index contributed by atoms with van der Waals surface area (Å²) in [6.45, 7) is 2.89. The van der Waals surface area contributed by atoms with E-state index in [0.717, 1.165) is 44.7 Å². The van der Waals surface area contributed by atoms with Gasteiger partial charge in [0.15, 0.2) is 5.60 Å². The van der Waals surface area contributed by atoms with Crippen molar-refractivity contribution in [3.8, 4) is 22.3 Å². The Hall–Kier alpha value is -4.37. The van der Waals surface area contributed by atoms with E-state index in [9.17, 15) is 22.4 Å². The first-order valence-electron chi connectivity index (χ1n) is 15.3. The molecular weight excluding hydrogens is 582 g/mol. The fraction of sp³-hybridized carbons (Fsp3) is 0.306. The number of alkyl halides is 3. The molecule has 5 nitrogen and oxygen atoms in total. The number of rotatable bonds is 9. The van der Waals surface area contributed by atoms with Gasteiger partial charge in [0, 0.05) is 43.0 Å². The molecule has 1 amide bonds. The Morgan fingerprint density at radius 2 is 1.49 bits per heavy atom. The first kappa shape index (κ1) is 30.6. The van der Waals surface area contributed by atoms with Crippen molar-refractivity contribution in [1.29, 1.82) is 0 Å². The normalized spacial score (nSPS) is 17.9. The van der Waals surface area contributed by atoms with Gasteiger partial charge < -0.3 is 15.0 Å². The fourth-order valence-corrected chi connectivity index (χ4v) is 6.55. The van der Waals surface area contributed by atoms with Crippen molar-refractivity contribution < 1.29 is 27.1 Å². The first-order chi connectivity index (χ1) is 21.7. The van der Waals surface area contributed by atoms with Crippen LogP contribution in [0.25, 0.3) is 22.3 Å². The van der Waals surface area contributed by atoms with Gasteiger partial charge in [0.1, 0.15) is 12.4 Å². The predicted octanol–water partition coefficient (Wildman–Crippen LogP) is 8.00. The summed E-state index contributed by atoms with van der Waals surface area (Å²) in [6.07, 6.45) is -4.06. The molecule has 4 aromatic rings. The molecule has 1 aliphatic carbocycles. The number of nitrogens with zero attached hydrogens (tertiary/aromatic N) is 2. The molecule has 4 aromatic carbocycles. The van der Waals surface area contributed by atoms with E-state index in [-0.39, 0.29) is 0 Å². The number of unbranched alkanes of at least 4 members (excludes halogenated alkanes) is 1. The molecule has 45 heavy (non-hydrogen) atoms. The van der Waals surface area contributed by atoms with Crippen molar-refractivity contribution >= 4 is 11.8 Å². The lowest BCUT2D eigenvalue weighted by Crippen LogP contribution is -2.46. The number of hydrogen-bond acceptors (Lipinski definition) is 4. The highest BCUT2D eigenvalue weighted by molar-refractivity contribution is 5.82. The van der Waals surface area contributed by atoms with Gasteiger partial charge in [0.05, 0.1) is 0 Å². The van der Waals surface area contributed by atoms with Gasteiger partial charge in [-0.15, -0.1) is 0 Å². The number of amides is 1. The van der Waals surface area contributed by atoms with E-state index in [1.165, 1.54) is 28.9 Å². The average molecular weight is 618 g/mol. The number of piperazine rings is 1. The maximum Gasteiger partial charge on any atom is 0.408 e. The minimum atomic E-state index is -4.58. The highest BCUT2D eigenvalue weighted by Gasteiger charge is 2.47. The number of ether oxygens (including phenoxy) is 1. The summed E-state index contributed by atoms with van der Waals surface area (Å²) in [5.41, 5.74) is 4.78. The first-order valence-corrected chi connectivity index (χ1v) is 15.3. The van der Waals surface area contributed by atoms with Gasteiger partial charge >= 0.3 is 12.3 Å². The van der Waals surface area contributed by atoms with Crippen molar-refractivity contribution in [3.63, 3.8) is 0 Å². The summed E-state index contributed by atoms with van der Waals surface area (Å²) in [5.74, 6) is -0.502. The Labute approximate surface area is 260 Å². The monoisotopic (exact) mass is 617 g/mol. The molecule has 1 fully saturated rings. The maximum absolute atomic E-state index is 14.5. The molecule has 1 unspecified atom stereocenters. The van der Waals surface area contributed by atoms with Crippen molar-refractivity contribution in [2.24, 2.45) is 0 Å². The van der Waals surface area contributed by atoms with Crippen LogP contribution in [0.4, 0.5) is 28.0 Å². The van der Waals surface area contributed by atoms with Crippen LogP contribution in [-0.2, 0) is 10.3 Å². The molecule has 6 rings (SSSR count). The van der Waals surface area contributed by atoms with Crippen LogP contribution in [0, 0.1) is 5.82 Å². The van der Waals surface area contributed by atoms with Gasteiger partial charge in [-0.2, -0.15) is 13.2 Å². The van der Waals surface area contributed by atoms with Gasteiger partial charge in [-0.3, -0.25) is 4.90 Å². The highest BCUT2D eigenvalue weighted by Crippen LogP contribution is 2.52. The van der Waals surface area contributed by atoms with Gasteiger partial charge in [-0.1, -0.05) is 72.8 Å². The minimum Gasteiger partial charge on any atom is -0.433 e. The number of nitrogens with one attached hydrogen (secondary N) is 1. The van der Waals surface area contributed by atoms with Crippen molar-refractivity contribution in [1.82, 2.24) is 10.2 Å². The highest BCUT2D eigenvalue weighted by atomic mass is 19.4. The van der Waals surface area contributed by atoms with E-state index >= 15 is 0 Å². The van der Waals surface area contributed by atoms with E-state index in [2.05, 4.69) is 46.2 Å². The quantitative estimate of drug-likeness (QED) is 0.153. The second-order valence-electron chi connectivity index (χ2n) is 11.6. The zero-order chi connectivity index (χ0) is 31.4. The Morgan fingerprint density at radius 3 is 2.27 bits per heavy atom.